The summed E-state index contributed by atoms with van der Waals surface area (Å²) in [4.78, 5) is 71.7. The van der Waals surface area contributed by atoms with Crippen molar-refractivity contribution in [1.29, 1.82) is 0 Å². The molecule has 0 aromatic heterocycles. The number of hydrogen-bond acceptors (Lipinski definition) is 7. The molecule has 0 rings (SSSR count). The van der Waals surface area contributed by atoms with Crippen LogP contribution in [0.15, 0.2) is 0 Å². The first kappa shape index (κ1) is 39.2. The van der Waals surface area contributed by atoms with Crippen molar-refractivity contribution < 1.29 is 39.0 Å². The Hall–Kier alpha value is -2.82. The summed E-state index contributed by atoms with van der Waals surface area (Å²) in [6.45, 7) is 5.73. The van der Waals surface area contributed by atoms with Crippen molar-refractivity contribution in [2.75, 3.05) is 6.54 Å². The van der Waals surface area contributed by atoms with Crippen molar-refractivity contribution in [2.45, 2.75) is 148 Å². The number of nitrogens with two attached hydrogens (primary N) is 1. The molecule has 0 aliphatic carbocycles. The Morgan fingerprint density at radius 1 is 0.690 bits per heavy atom. The fourth-order valence-corrected chi connectivity index (χ4v) is 4.59. The van der Waals surface area contributed by atoms with Gasteiger partial charge in [-0.05, 0) is 52.4 Å². The van der Waals surface area contributed by atoms with Crippen molar-refractivity contribution in [3.63, 3.8) is 0 Å². The predicted octanol–water partition coefficient (Wildman–Crippen LogP) is 4.29. The number of ketones is 2. The van der Waals surface area contributed by atoms with E-state index in [1.165, 1.54) is 19.3 Å². The first-order chi connectivity index (χ1) is 19.8. The number of carbonyl (C=O) groups is 6. The summed E-state index contributed by atoms with van der Waals surface area (Å²) < 4.78 is 0. The molecular formula is C31H55N3O8. The van der Waals surface area contributed by atoms with Gasteiger partial charge in [-0.3, -0.25) is 24.0 Å². The zero-order chi connectivity index (χ0) is 32.0. The summed E-state index contributed by atoms with van der Waals surface area (Å²) in [5.41, 5.74) is 4.87. The van der Waals surface area contributed by atoms with E-state index in [0.717, 1.165) is 19.3 Å². The fraction of sp³-hybridized carbons (Fsp3) is 0.806. The number of Topliss-reactive ketones (excluding diaryl/α,β-unsaturated/α-hetero) is 2. The van der Waals surface area contributed by atoms with Gasteiger partial charge in [0.25, 0.3) is 0 Å². The maximum absolute atomic E-state index is 12.7. The highest BCUT2D eigenvalue weighted by Crippen LogP contribution is 2.21. The number of carboxylic acids is 2. The summed E-state index contributed by atoms with van der Waals surface area (Å²) >= 11 is 0. The molecule has 2 atom stereocenters. The SMILES string of the molecule is CCCCCCCCCC(=O)N[C@H](CCC(=O)NCCCC[C@@H](CCC(=O)C(C)(C)N)C(=O)CCCC(=O)O)C(=O)O. The average molecular weight is 598 g/mol. The summed E-state index contributed by atoms with van der Waals surface area (Å²) in [6, 6.07) is -1.12. The van der Waals surface area contributed by atoms with Gasteiger partial charge in [-0.25, -0.2) is 4.79 Å². The van der Waals surface area contributed by atoms with E-state index in [0.29, 0.717) is 38.6 Å². The van der Waals surface area contributed by atoms with E-state index in [2.05, 4.69) is 17.6 Å². The molecule has 11 heteroatoms. The standard InChI is InChI=1S/C31H55N3O8/c1-4-5-6-7-8-9-10-16-28(38)34-24(30(41)42)19-21-27(37)33-22-12-11-14-23(18-20-26(36)31(2,3)32)25(35)15-13-17-29(39)40/h23-24H,4-22,32H2,1-3H3,(H,33,37)(H,34,38)(H,39,40)(H,41,42)/t23-,24+/m0/s1. The van der Waals surface area contributed by atoms with Crippen LogP contribution in [0.5, 0.6) is 0 Å². The summed E-state index contributed by atoms with van der Waals surface area (Å²) in [7, 11) is 0. The molecule has 242 valence electrons. The average Bonchev–Trinajstić information content (AvgIpc) is 2.90. The van der Waals surface area contributed by atoms with Gasteiger partial charge in [-0.2, -0.15) is 0 Å². The molecule has 0 aromatic rings. The first-order valence-corrected chi connectivity index (χ1v) is 15.6. The smallest absolute Gasteiger partial charge is 0.326 e. The van der Waals surface area contributed by atoms with Crippen molar-refractivity contribution in [2.24, 2.45) is 11.7 Å². The zero-order valence-electron chi connectivity index (χ0n) is 26.0. The zero-order valence-corrected chi connectivity index (χ0v) is 26.0. The minimum Gasteiger partial charge on any atom is -0.481 e. The monoisotopic (exact) mass is 597 g/mol. The normalized spacial score (nSPS) is 12.8. The number of carboxylic acid groups (broad SMARTS) is 2. The molecule has 0 spiro atoms. The Kier molecular flexibility index (Phi) is 21.2. The van der Waals surface area contributed by atoms with Crippen LogP contribution in [0.2, 0.25) is 0 Å². The van der Waals surface area contributed by atoms with Crippen molar-refractivity contribution in [3.8, 4) is 0 Å². The van der Waals surface area contributed by atoms with Crippen LogP contribution in [0.4, 0.5) is 0 Å². The van der Waals surface area contributed by atoms with Crippen LogP contribution >= 0.6 is 0 Å². The molecule has 0 saturated heterocycles. The number of carbonyl (C=O) groups excluding carboxylic acids is 4. The molecule has 0 unspecified atom stereocenters. The third kappa shape index (κ3) is 21.0. The number of nitrogens with one attached hydrogen (secondary N) is 2. The maximum atomic E-state index is 12.7. The van der Waals surface area contributed by atoms with E-state index in [-0.39, 0.29) is 74.2 Å². The quantitative estimate of drug-likeness (QED) is 0.0859. The fourth-order valence-electron chi connectivity index (χ4n) is 4.59. The number of amides is 2. The lowest BCUT2D eigenvalue weighted by molar-refractivity contribution is -0.142. The van der Waals surface area contributed by atoms with Crippen LogP contribution in [0.1, 0.15) is 136 Å². The van der Waals surface area contributed by atoms with Crippen LogP contribution in [-0.4, -0.2) is 63.7 Å². The predicted molar refractivity (Wildman–Crippen MR) is 161 cm³/mol. The molecule has 0 bridgehead atoms. The summed E-state index contributed by atoms with van der Waals surface area (Å²) in [5.74, 6) is -3.38. The Labute approximate surface area is 251 Å². The lowest BCUT2D eigenvalue weighted by Gasteiger charge is -2.20. The third-order valence-electron chi connectivity index (χ3n) is 7.31. The highest BCUT2D eigenvalue weighted by atomic mass is 16.4. The highest BCUT2D eigenvalue weighted by Gasteiger charge is 2.25. The van der Waals surface area contributed by atoms with E-state index in [9.17, 15) is 33.9 Å². The van der Waals surface area contributed by atoms with Crippen molar-refractivity contribution >= 4 is 35.3 Å². The third-order valence-corrected chi connectivity index (χ3v) is 7.31. The Balaban J connectivity index is 4.45. The number of unbranched alkanes of at least 4 members (excludes halogenated alkanes) is 7. The van der Waals surface area contributed by atoms with Crippen LogP contribution in [-0.2, 0) is 28.8 Å². The summed E-state index contributed by atoms with van der Waals surface area (Å²) in [5, 5.41) is 23.5. The van der Waals surface area contributed by atoms with E-state index >= 15 is 0 Å². The van der Waals surface area contributed by atoms with Gasteiger partial charge >= 0.3 is 11.9 Å². The van der Waals surface area contributed by atoms with Crippen LogP contribution < -0.4 is 16.4 Å². The topological polar surface area (TPSA) is 193 Å². The maximum Gasteiger partial charge on any atom is 0.326 e. The first-order valence-electron chi connectivity index (χ1n) is 15.6. The van der Waals surface area contributed by atoms with E-state index in [1.807, 2.05) is 0 Å². The Morgan fingerprint density at radius 2 is 1.33 bits per heavy atom. The van der Waals surface area contributed by atoms with Gasteiger partial charge in [-0.15, -0.1) is 0 Å². The molecule has 0 radical (unpaired) electrons. The second-order valence-corrected chi connectivity index (χ2v) is 11.8. The van der Waals surface area contributed by atoms with Crippen LogP contribution in [0.25, 0.3) is 0 Å². The molecule has 2 amide bonds. The van der Waals surface area contributed by atoms with Crippen molar-refractivity contribution in [3.05, 3.63) is 0 Å². The Bertz CT molecular complexity index is 854. The number of rotatable bonds is 27. The molecular weight excluding hydrogens is 542 g/mol. The van der Waals surface area contributed by atoms with E-state index in [1.54, 1.807) is 13.8 Å². The lowest BCUT2D eigenvalue weighted by atomic mass is 9.86. The summed E-state index contributed by atoms with van der Waals surface area (Å²) in [6.07, 6.45) is 10.1. The van der Waals surface area contributed by atoms with Gasteiger partial charge < -0.3 is 26.6 Å². The second kappa shape index (κ2) is 22.7. The van der Waals surface area contributed by atoms with Crippen molar-refractivity contribution in [1.82, 2.24) is 10.6 Å². The van der Waals surface area contributed by atoms with E-state index in [4.69, 9.17) is 10.8 Å². The van der Waals surface area contributed by atoms with Gasteiger partial charge in [0, 0.05) is 44.6 Å². The van der Waals surface area contributed by atoms with Gasteiger partial charge in [0.2, 0.25) is 11.8 Å². The molecule has 6 N–H and O–H groups in total. The molecule has 0 heterocycles. The van der Waals surface area contributed by atoms with Gasteiger partial charge in [0.15, 0.2) is 5.78 Å². The van der Waals surface area contributed by atoms with Crippen LogP contribution in [0, 0.1) is 5.92 Å². The van der Waals surface area contributed by atoms with Gasteiger partial charge in [-0.1, -0.05) is 51.9 Å². The van der Waals surface area contributed by atoms with Gasteiger partial charge in [0.05, 0.1) is 5.54 Å². The number of hydrogen-bond donors (Lipinski definition) is 5. The highest BCUT2D eigenvalue weighted by molar-refractivity contribution is 5.88. The van der Waals surface area contributed by atoms with E-state index < -0.39 is 23.5 Å². The minimum atomic E-state index is -1.17. The molecule has 0 aliphatic heterocycles. The lowest BCUT2D eigenvalue weighted by Crippen LogP contribution is -2.41. The largest absolute Gasteiger partial charge is 0.481 e. The molecule has 0 aromatic carbocycles. The Morgan fingerprint density at radius 3 is 1.93 bits per heavy atom. The molecule has 0 aliphatic rings. The molecule has 0 saturated carbocycles. The van der Waals surface area contributed by atoms with Crippen LogP contribution in [0.3, 0.4) is 0 Å². The molecule has 42 heavy (non-hydrogen) atoms. The molecule has 11 nitrogen and oxygen atoms in total. The number of aliphatic carboxylic acids is 2. The minimum absolute atomic E-state index is 0.0115. The molecule has 0 fully saturated rings. The van der Waals surface area contributed by atoms with Gasteiger partial charge in [0.1, 0.15) is 11.8 Å². The second-order valence-electron chi connectivity index (χ2n) is 11.8.